The van der Waals surface area contributed by atoms with Gasteiger partial charge < -0.3 is 14.6 Å². The van der Waals surface area contributed by atoms with Crippen molar-refractivity contribution in [1.29, 1.82) is 0 Å². The van der Waals surface area contributed by atoms with Crippen LogP contribution in [0.5, 0.6) is 17.8 Å². The molecule has 0 aliphatic carbocycles. The molecule has 0 unspecified atom stereocenters. The van der Waals surface area contributed by atoms with Crippen LogP contribution in [0.25, 0.3) is 0 Å². The lowest BCUT2D eigenvalue weighted by atomic mass is 10.2. The van der Waals surface area contributed by atoms with Gasteiger partial charge in [-0.2, -0.15) is 9.97 Å². The molecule has 106 valence electrons. The van der Waals surface area contributed by atoms with Crippen LogP contribution < -0.4 is 9.47 Å². The van der Waals surface area contributed by atoms with Gasteiger partial charge in [0, 0.05) is 0 Å². The number of hydrogen-bond acceptors (Lipinski definition) is 6. The second-order valence-corrected chi connectivity index (χ2v) is 4.26. The van der Waals surface area contributed by atoms with Crippen LogP contribution >= 0.6 is 11.6 Å². The van der Waals surface area contributed by atoms with Crippen molar-refractivity contribution in [2.45, 2.75) is 20.0 Å². The molecule has 0 spiro atoms. The monoisotopic (exact) mass is 295 g/mol. The Bertz CT molecular complexity index is 581. The zero-order valence-electron chi connectivity index (χ0n) is 10.9. The predicted molar refractivity (Wildman–Crippen MR) is 73.1 cm³/mol. The van der Waals surface area contributed by atoms with Crippen LogP contribution in [0.15, 0.2) is 24.3 Å². The summed E-state index contributed by atoms with van der Waals surface area (Å²) in [6.45, 7) is 2.39. The molecule has 0 aliphatic heterocycles. The van der Waals surface area contributed by atoms with E-state index >= 15 is 0 Å². The van der Waals surface area contributed by atoms with Crippen LogP contribution in [0, 0.1) is 0 Å². The Hall–Kier alpha value is -1.92. The molecule has 7 heteroatoms. The summed E-state index contributed by atoms with van der Waals surface area (Å²) in [6.07, 6.45) is 0.831. The van der Waals surface area contributed by atoms with Gasteiger partial charge in [0.15, 0.2) is 0 Å². The summed E-state index contributed by atoms with van der Waals surface area (Å²) in [5, 5.41) is 9.08. The molecule has 0 radical (unpaired) electrons. The highest BCUT2D eigenvalue weighted by Gasteiger charge is 2.08. The maximum Gasteiger partial charge on any atom is 0.329 e. The van der Waals surface area contributed by atoms with Crippen LogP contribution in [0.4, 0.5) is 0 Å². The summed E-state index contributed by atoms with van der Waals surface area (Å²) in [6, 6.07) is 7.13. The first kappa shape index (κ1) is 14.5. The number of rotatable bonds is 6. The molecular weight excluding hydrogens is 282 g/mol. The van der Waals surface area contributed by atoms with E-state index in [0.717, 1.165) is 12.0 Å². The molecule has 0 saturated heterocycles. The highest BCUT2D eigenvalue weighted by Crippen LogP contribution is 2.21. The number of ether oxygens (including phenoxy) is 2. The minimum Gasteiger partial charge on any atom is -0.463 e. The predicted octanol–water partition coefficient (Wildman–Crippen LogP) is 2.60. The Labute approximate surface area is 121 Å². The van der Waals surface area contributed by atoms with Gasteiger partial charge in [0.2, 0.25) is 5.28 Å². The third-order valence-electron chi connectivity index (χ3n) is 2.29. The summed E-state index contributed by atoms with van der Waals surface area (Å²) in [5.74, 6) is 0.500. The molecular formula is C13H14ClN3O3. The summed E-state index contributed by atoms with van der Waals surface area (Å²) in [4.78, 5) is 11.7. The van der Waals surface area contributed by atoms with Crippen molar-refractivity contribution in [3.05, 3.63) is 35.1 Å². The molecule has 0 saturated carbocycles. The summed E-state index contributed by atoms with van der Waals surface area (Å²) >= 11 is 5.79. The SMILES string of the molecule is CCCOc1nc(Cl)nc(Oc2cccc(CO)c2)n1. The van der Waals surface area contributed by atoms with Crippen molar-refractivity contribution in [2.75, 3.05) is 6.61 Å². The Morgan fingerprint density at radius 2 is 2.00 bits per heavy atom. The smallest absolute Gasteiger partial charge is 0.329 e. The molecule has 0 bridgehead atoms. The lowest BCUT2D eigenvalue weighted by Crippen LogP contribution is -2.03. The fourth-order valence-electron chi connectivity index (χ4n) is 1.43. The van der Waals surface area contributed by atoms with Crippen LogP contribution in [0.1, 0.15) is 18.9 Å². The number of aliphatic hydroxyl groups is 1. The Morgan fingerprint density at radius 3 is 2.75 bits per heavy atom. The Kier molecular flexibility index (Phi) is 5.09. The molecule has 6 nitrogen and oxygen atoms in total. The summed E-state index contributed by atoms with van der Waals surface area (Å²) in [5.41, 5.74) is 0.727. The number of nitrogens with zero attached hydrogens (tertiary/aromatic N) is 3. The average molecular weight is 296 g/mol. The van der Waals surface area contributed by atoms with Crippen molar-refractivity contribution in [3.63, 3.8) is 0 Å². The lowest BCUT2D eigenvalue weighted by molar-refractivity contribution is 0.280. The van der Waals surface area contributed by atoms with Crippen molar-refractivity contribution >= 4 is 11.6 Å². The van der Waals surface area contributed by atoms with Gasteiger partial charge in [-0.1, -0.05) is 19.1 Å². The highest BCUT2D eigenvalue weighted by molar-refractivity contribution is 6.28. The zero-order chi connectivity index (χ0) is 14.4. The van der Waals surface area contributed by atoms with Gasteiger partial charge in [-0.3, -0.25) is 0 Å². The second kappa shape index (κ2) is 7.02. The minimum atomic E-state index is -0.0694. The van der Waals surface area contributed by atoms with Crippen molar-refractivity contribution < 1.29 is 14.6 Å². The van der Waals surface area contributed by atoms with E-state index in [4.69, 9.17) is 26.2 Å². The van der Waals surface area contributed by atoms with Crippen LogP contribution in [-0.4, -0.2) is 26.7 Å². The van der Waals surface area contributed by atoms with Gasteiger partial charge in [0.05, 0.1) is 13.2 Å². The third kappa shape index (κ3) is 4.04. The lowest BCUT2D eigenvalue weighted by Gasteiger charge is -2.07. The standard InChI is InChI=1S/C13H14ClN3O3/c1-2-6-19-12-15-11(14)16-13(17-12)20-10-5-3-4-9(7-10)8-18/h3-5,7,18H,2,6,8H2,1H3. The quantitative estimate of drug-likeness (QED) is 0.882. The van der Waals surface area contributed by atoms with E-state index in [-0.39, 0.29) is 23.9 Å². The number of hydrogen-bond donors (Lipinski definition) is 1. The summed E-state index contributed by atoms with van der Waals surface area (Å²) < 4.78 is 10.8. The fourth-order valence-corrected chi connectivity index (χ4v) is 1.58. The van der Waals surface area contributed by atoms with E-state index in [9.17, 15) is 0 Å². The number of aliphatic hydroxyl groups excluding tert-OH is 1. The normalized spacial score (nSPS) is 10.3. The van der Waals surface area contributed by atoms with Crippen LogP contribution in [0.2, 0.25) is 5.28 Å². The molecule has 1 aromatic carbocycles. The van der Waals surface area contributed by atoms with Gasteiger partial charge in [0.25, 0.3) is 0 Å². The second-order valence-electron chi connectivity index (χ2n) is 3.93. The van der Waals surface area contributed by atoms with Gasteiger partial charge >= 0.3 is 12.0 Å². The summed E-state index contributed by atoms with van der Waals surface area (Å²) in [7, 11) is 0. The molecule has 20 heavy (non-hydrogen) atoms. The van der Waals surface area contributed by atoms with Crippen molar-refractivity contribution in [1.82, 2.24) is 15.0 Å². The Morgan fingerprint density at radius 1 is 1.20 bits per heavy atom. The average Bonchev–Trinajstić information content (AvgIpc) is 2.44. The number of benzene rings is 1. The largest absolute Gasteiger partial charge is 0.463 e. The topological polar surface area (TPSA) is 77.4 Å². The molecule has 0 amide bonds. The molecule has 1 aromatic heterocycles. The molecule has 1 N–H and O–H groups in total. The molecule has 2 rings (SSSR count). The molecule has 0 atom stereocenters. The third-order valence-corrected chi connectivity index (χ3v) is 2.46. The van der Waals surface area contributed by atoms with E-state index in [0.29, 0.717) is 12.4 Å². The minimum absolute atomic E-state index is 0.000541. The first-order chi connectivity index (χ1) is 9.71. The van der Waals surface area contributed by atoms with Crippen molar-refractivity contribution in [2.24, 2.45) is 0 Å². The van der Waals surface area contributed by atoms with Gasteiger partial charge in [0.1, 0.15) is 5.75 Å². The van der Waals surface area contributed by atoms with Crippen LogP contribution in [0.3, 0.4) is 0 Å². The first-order valence-electron chi connectivity index (χ1n) is 6.13. The van der Waals surface area contributed by atoms with E-state index in [1.54, 1.807) is 24.3 Å². The maximum absolute atomic E-state index is 9.08. The maximum atomic E-state index is 9.08. The molecule has 0 fully saturated rings. The number of halogens is 1. The van der Waals surface area contributed by atoms with E-state index in [1.165, 1.54) is 0 Å². The molecule has 1 heterocycles. The highest BCUT2D eigenvalue weighted by atomic mass is 35.5. The van der Waals surface area contributed by atoms with E-state index in [2.05, 4.69) is 15.0 Å². The molecule has 0 aliphatic rings. The number of aromatic nitrogens is 3. The Balaban J connectivity index is 2.17. The van der Waals surface area contributed by atoms with Gasteiger partial charge in [-0.05, 0) is 35.7 Å². The van der Waals surface area contributed by atoms with E-state index < -0.39 is 0 Å². The van der Waals surface area contributed by atoms with Crippen molar-refractivity contribution in [3.8, 4) is 17.8 Å². The van der Waals surface area contributed by atoms with Gasteiger partial charge in [-0.15, -0.1) is 4.98 Å². The van der Waals surface area contributed by atoms with E-state index in [1.807, 2.05) is 6.92 Å². The first-order valence-corrected chi connectivity index (χ1v) is 6.51. The van der Waals surface area contributed by atoms with Crippen LogP contribution in [-0.2, 0) is 6.61 Å². The fraction of sp³-hybridized carbons (Fsp3) is 0.308. The molecule has 2 aromatic rings. The zero-order valence-corrected chi connectivity index (χ0v) is 11.7. The van der Waals surface area contributed by atoms with Gasteiger partial charge in [-0.25, -0.2) is 0 Å².